The monoisotopic (exact) mass is 585 g/mol. The predicted octanol–water partition coefficient (Wildman–Crippen LogP) is 8.30. The van der Waals surface area contributed by atoms with Gasteiger partial charge in [0.2, 0.25) is 5.96 Å². The van der Waals surface area contributed by atoms with E-state index in [2.05, 4.69) is 87.7 Å². The molecular formula is C35H47N3O3Si. The first-order valence-corrected chi connectivity index (χ1v) is 17.8. The van der Waals surface area contributed by atoms with Crippen LogP contribution in [0.4, 0.5) is 4.79 Å². The Balaban J connectivity index is 1.75. The topological polar surface area (TPSA) is 63.2 Å². The molecule has 1 heterocycles. The van der Waals surface area contributed by atoms with Gasteiger partial charge >= 0.3 is 6.09 Å². The smallest absolute Gasteiger partial charge is 0.417 e. The molecule has 0 saturated carbocycles. The number of benzene rings is 3. The highest BCUT2D eigenvalue weighted by Gasteiger charge is 2.45. The van der Waals surface area contributed by atoms with Crippen LogP contribution in [0.3, 0.4) is 0 Å². The molecule has 0 bridgehead atoms. The molecule has 4 rings (SSSR count). The molecule has 1 amide bonds. The molecule has 0 radical (unpaired) electrons. The molecule has 0 aromatic heterocycles. The maximum Gasteiger partial charge on any atom is 0.417 e. The number of nitrogens with one attached hydrogen (secondary N) is 1. The van der Waals surface area contributed by atoms with Gasteiger partial charge in [-0.05, 0) is 62.0 Å². The molecule has 1 N–H and O–H groups in total. The number of hydrogen-bond donors (Lipinski definition) is 1. The Morgan fingerprint density at radius 2 is 1.38 bits per heavy atom. The number of rotatable bonds is 8. The molecule has 6 nitrogen and oxygen atoms in total. The van der Waals surface area contributed by atoms with Crippen LogP contribution in [-0.4, -0.2) is 43.5 Å². The van der Waals surface area contributed by atoms with E-state index in [0.29, 0.717) is 12.6 Å². The maximum absolute atomic E-state index is 14.0. The third-order valence-electron chi connectivity index (χ3n) is 8.05. The van der Waals surface area contributed by atoms with Crippen LogP contribution in [0.2, 0.25) is 18.1 Å². The van der Waals surface area contributed by atoms with E-state index in [1.165, 1.54) is 5.56 Å². The molecular weight excluding hydrogens is 538 g/mol. The molecule has 0 fully saturated rings. The highest BCUT2D eigenvalue weighted by molar-refractivity contribution is 6.74. The molecule has 224 valence electrons. The largest absolute Gasteiger partial charge is 0.443 e. The minimum Gasteiger partial charge on any atom is -0.443 e. The second kappa shape index (κ2) is 12.8. The van der Waals surface area contributed by atoms with Crippen LogP contribution in [0.1, 0.15) is 70.3 Å². The van der Waals surface area contributed by atoms with Crippen LogP contribution in [0.25, 0.3) is 0 Å². The molecule has 1 aliphatic rings. The van der Waals surface area contributed by atoms with Crippen molar-refractivity contribution in [3.05, 3.63) is 108 Å². The van der Waals surface area contributed by atoms with Crippen molar-refractivity contribution < 1.29 is 14.0 Å². The third kappa shape index (κ3) is 7.89. The average Bonchev–Trinajstić information content (AvgIpc) is 3.31. The van der Waals surface area contributed by atoms with E-state index in [1.807, 2.05) is 63.2 Å². The van der Waals surface area contributed by atoms with Crippen LogP contribution in [-0.2, 0) is 15.6 Å². The highest BCUT2D eigenvalue weighted by Crippen LogP contribution is 2.42. The van der Waals surface area contributed by atoms with E-state index >= 15 is 0 Å². The van der Waals surface area contributed by atoms with E-state index in [4.69, 9.17) is 14.2 Å². The van der Waals surface area contributed by atoms with E-state index in [-0.39, 0.29) is 23.2 Å². The summed E-state index contributed by atoms with van der Waals surface area (Å²) in [4.78, 5) is 20.9. The fraction of sp³-hybridized carbons (Fsp3) is 0.429. The van der Waals surface area contributed by atoms with E-state index in [9.17, 15) is 4.79 Å². The summed E-state index contributed by atoms with van der Waals surface area (Å²) in [7, 11) is -2.03. The van der Waals surface area contributed by atoms with Crippen molar-refractivity contribution >= 4 is 20.4 Å². The summed E-state index contributed by atoms with van der Waals surface area (Å²) in [6.07, 6.45) is 0.299. The van der Waals surface area contributed by atoms with Crippen molar-refractivity contribution in [2.45, 2.75) is 89.8 Å². The van der Waals surface area contributed by atoms with Gasteiger partial charge in [-0.25, -0.2) is 14.7 Å². The summed E-state index contributed by atoms with van der Waals surface area (Å²) in [6.45, 7) is 17.5. The summed E-state index contributed by atoms with van der Waals surface area (Å²) < 4.78 is 12.7. The molecule has 7 heteroatoms. The molecule has 3 aromatic carbocycles. The van der Waals surface area contributed by atoms with Crippen molar-refractivity contribution in [3.63, 3.8) is 0 Å². The van der Waals surface area contributed by atoms with E-state index in [1.54, 1.807) is 4.90 Å². The number of guanidine groups is 1. The van der Waals surface area contributed by atoms with Gasteiger partial charge in [0.1, 0.15) is 11.6 Å². The van der Waals surface area contributed by atoms with Crippen molar-refractivity contribution in [1.29, 1.82) is 0 Å². The molecule has 3 aromatic rings. The van der Waals surface area contributed by atoms with Crippen molar-refractivity contribution in [2.24, 2.45) is 4.99 Å². The number of amides is 1. The second-order valence-electron chi connectivity index (χ2n) is 13.6. The van der Waals surface area contributed by atoms with Gasteiger partial charge in [-0.1, -0.05) is 112 Å². The van der Waals surface area contributed by atoms with Gasteiger partial charge in [-0.15, -0.1) is 0 Å². The average molecular weight is 586 g/mol. The number of carbonyl (C=O) groups excluding carboxylic acids is 1. The lowest BCUT2D eigenvalue weighted by molar-refractivity contribution is 0.0308. The molecule has 1 aliphatic heterocycles. The molecule has 3 atom stereocenters. The Hall–Kier alpha value is -3.42. The molecule has 42 heavy (non-hydrogen) atoms. The summed E-state index contributed by atoms with van der Waals surface area (Å²) >= 11 is 0. The summed E-state index contributed by atoms with van der Waals surface area (Å²) in [5.41, 5.74) is 2.56. The number of nitrogens with zero attached hydrogens (tertiary/aromatic N) is 2. The number of aliphatic imine (C=N–C) groups is 1. The second-order valence-corrected chi connectivity index (χ2v) is 18.4. The molecule has 0 aliphatic carbocycles. The van der Waals surface area contributed by atoms with Crippen LogP contribution >= 0.6 is 0 Å². The minimum atomic E-state index is -2.03. The first-order valence-electron chi connectivity index (χ1n) is 14.9. The van der Waals surface area contributed by atoms with Crippen molar-refractivity contribution in [1.82, 2.24) is 10.2 Å². The zero-order valence-corrected chi connectivity index (χ0v) is 27.4. The minimum absolute atomic E-state index is 0.0779. The number of ether oxygens (including phenoxy) is 1. The van der Waals surface area contributed by atoms with Gasteiger partial charge in [-0.3, -0.25) is 0 Å². The zero-order valence-electron chi connectivity index (χ0n) is 26.4. The van der Waals surface area contributed by atoms with Gasteiger partial charge in [0.05, 0.1) is 18.7 Å². The SMILES string of the molecule is CC(C)(C)OC(=O)N1C(N[C@H](CO[Si](C)(C)C(C)(C)C)Cc2ccccc2)=N[C@@H](c2ccccc2)[C@@H]1c1ccccc1. The summed E-state index contributed by atoms with van der Waals surface area (Å²) in [5, 5.41) is 3.75. The van der Waals surface area contributed by atoms with Crippen molar-refractivity contribution in [2.75, 3.05) is 6.61 Å². The zero-order chi connectivity index (χ0) is 30.5. The molecule has 0 saturated heterocycles. The quantitative estimate of drug-likeness (QED) is 0.270. The van der Waals surface area contributed by atoms with Crippen LogP contribution in [0, 0.1) is 0 Å². The van der Waals surface area contributed by atoms with Gasteiger partial charge < -0.3 is 14.5 Å². The summed E-state index contributed by atoms with van der Waals surface area (Å²) in [6, 6.07) is 29.9. The number of hydrogen-bond acceptors (Lipinski definition) is 5. The van der Waals surface area contributed by atoms with Crippen LogP contribution in [0.15, 0.2) is 96.0 Å². The Bertz CT molecular complexity index is 1330. The van der Waals surface area contributed by atoms with Crippen LogP contribution in [0.5, 0.6) is 0 Å². The highest BCUT2D eigenvalue weighted by atomic mass is 28.4. The number of carbonyl (C=O) groups is 1. The fourth-order valence-electron chi connectivity index (χ4n) is 4.80. The predicted molar refractivity (Wildman–Crippen MR) is 174 cm³/mol. The lowest BCUT2D eigenvalue weighted by atomic mass is 9.94. The van der Waals surface area contributed by atoms with Gasteiger partial charge in [0, 0.05) is 0 Å². The normalized spacial score (nSPS) is 18.4. The molecule has 0 unspecified atom stereocenters. The standard InChI is InChI=1S/C35H47N3O3Si/c1-34(2,3)41-33(39)38-31(28-22-16-11-17-23-28)30(27-20-14-10-15-21-27)37-32(38)36-29(24-26-18-12-9-13-19-26)25-40-42(7,8)35(4,5)6/h9-23,29-31H,24-25H2,1-8H3,(H,36,37)/t29-,30-,31-/m0/s1. The van der Waals surface area contributed by atoms with Crippen molar-refractivity contribution in [3.8, 4) is 0 Å². The first kappa shape index (κ1) is 31.5. The fourth-order valence-corrected chi connectivity index (χ4v) is 5.85. The third-order valence-corrected chi connectivity index (χ3v) is 12.5. The van der Waals surface area contributed by atoms with Crippen LogP contribution < -0.4 is 5.32 Å². The Kier molecular flexibility index (Phi) is 9.63. The maximum atomic E-state index is 14.0. The van der Waals surface area contributed by atoms with Gasteiger partial charge in [0.15, 0.2) is 8.32 Å². The Labute approximate surface area is 253 Å². The Morgan fingerprint density at radius 1 is 0.857 bits per heavy atom. The van der Waals surface area contributed by atoms with Gasteiger partial charge in [-0.2, -0.15) is 0 Å². The lowest BCUT2D eigenvalue weighted by Crippen LogP contribution is -2.52. The Morgan fingerprint density at radius 3 is 1.90 bits per heavy atom. The lowest BCUT2D eigenvalue weighted by Gasteiger charge is -2.38. The first-order chi connectivity index (χ1) is 19.7. The van der Waals surface area contributed by atoms with E-state index in [0.717, 1.165) is 17.5 Å². The van der Waals surface area contributed by atoms with Gasteiger partial charge in [0.25, 0.3) is 0 Å². The van der Waals surface area contributed by atoms with E-state index < -0.39 is 20.0 Å². The molecule has 0 spiro atoms. The summed E-state index contributed by atoms with van der Waals surface area (Å²) in [5.74, 6) is 0.506.